The largest absolute Gasteiger partial charge is 0.460 e. The van der Waals surface area contributed by atoms with Gasteiger partial charge in [-0.05, 0) is 38.3 Å². The number of alkyl halides is 9. The van der Waals surface area contributed by atoms with E-state index in [4.69, 9.17) is 9.78 Å². The van der Waals surface area contributed by atoms with Crippen molar-refractivity contribution in [2.45, 2.75) is 62.8 Å². The minimum atomic E-state index is -6.97. The summed E-state index contributed by atoms with van der Waals surface area (Å²) in [6.07, 6.45) is -11.2. The second-order valence-corrected chi connectivity index (χ2v) is 7.65. The average Bonchev–Trinajstić information content (AvgIpc) is 3.00. The van der Waals surface area contributed by atoms with Crippen LogP contribution in [-0.2, 0) is 9.78 Å². The van der Waals surface area contributed by atoms with Crippen molar-refractivity contribution in [3.63, 3.8) is 0 Å². The molecule has 0 aliphatic heterocycles. The summed E-state index contributed by atoms with van der Waals surface area (Å²) in [5.74, 6) is -19.5. The fourth-order valence-electron chi connectivity index (χ4n) is 2.44. The van der Waals surface area contributed by atoms with Gasteiger partial charge in [-0.1, -0.05) is 18.2 Å². The fraction of sp³-hybridized carbons (Fsp3) is 0.556. The topological polar surface area (TPSA) is 34.2 Å². The maximum atomic E-state index is 14.2. The van der Waals surface area contributed by atoms with E-state index in [9.17, 15) is 39.5 Å². The van der Waals surface area contributed by atoms with Gasteiger partial charge in [-0.3, -0.25) is 0 Å². The van der Waals surface area contributed by atoms with Crippen molar-refractivity contribution in [2.24, 2.45) is 0 Å². The zero-order valence-corrected chi connectivity index (χ0v) is 15.9. The Hall–Kier alpha value is -1.95. The van der Waals surface area contributed by atoms with Crippen LogP contribution in [0.2, 0.25) is 0 Å². The Balaban J connectivity index is 2.43. The summed E-state index contributed by atoms with van der Waals surface area (Å²) in [5.41, 5.74) is -1.03. The van der Waals surface area contributed by atoms with E-state index in [1.165, 1.54) is 39.0 Å². The molecule has 1 aromatic heterocycles. The first kappa shape index (κ1) is 24.3. The molecular formula is C18H18F9NO2. The number of aromatic amines is 1. The average molecular weight is 451 g/mol. The van der Waals surface area contributed by atoms with E-state index in [1.807, 2.05) is 0 Å². The molecule has 0 saturated heterocycles. The van der Waals surface area contributed by atoms with Crippen LogP contribution in [0.5, 0.6) is 0 Å². The van der Waals surface area contributed by atoms with Gasteiger partial charge in [0.2, 0.25) is 0 Å². The highest BCUT2D eigenvalue weighted by Crippen LogP contribution is 2.55. The van der Waals surface area contributed by atoms with E-state index in [0.29, 0.717) is 10.9 Å². The van der Waals surface area contributed by atoms with Gasteiger partial charge in [0.05, 0.1) is 12.0 Å². The van der Waals surface area contributed by atoms with Crippen molar-refractivity contribution in [3.05, 3.63) is 36.0 Å². The minimum absolute atomic E-state index is 0.272. The summed E-state index contributed by atoms with van der Waals surface area (Å²) in [4.78, 5) is 12.2. The number of halogens is 9. The number of benzene rings is 1. The molecule has 12 heteroatoms. The van der Waals surface area contributed by atoms with Gasteiger partial charge in [-0.25, -0.2) is 9.78 Å². The third kappa shape index (κ3) is 4.69. The molecule has 3 nitrogen and oxygen atoms in total. The van der Waals surface area contributed by atoms with Crippen molar-refractivity contribution >= 4 is 10.9 Å². The van der Waals surface area contributed by atoms with E-state index < -0.39 is 42.1 Å². The van der Waals surface area contributed by atoms with Crippen LogP contribution in [0.25, 0.3) is 10.9 Å². The number of rotatable bonds is 7. The van der Waals surface area contributed by atoms with Gasteiger partial charge in [0, 0.05) is 11.2 Å². The van der Waals surface area contributed by atoms with Gasteiger partial charge < -0.3 is 4.98 Å². The third-order valence-electron chi connectivity index (χ3n) is 3.96. The highest BCUT2D eigenvalue weighted by atomic mass is 19.4. The number of fused-ring (bicyclic) bond motifs is 1. The van der Waals surface area contributed by atoms with Gasteiger partial charge in [0.15, 0.2) is 0 Å². The first-order valence-electron chi connectivity index (χ1n) is 8.51. The first-order valence-corrected chi connectivity index (χ1v) is 8.51. The van der Waals surface area contributed by atoms with Crippen molar-refractivity contribution in [1.29, 1.82) is 0 Å². The van der Waals surface area contributed by atoms with E-state index in [0.717, 1.165) is 0 Å². The molecule has 0 fully saturated rings. The second-order valence-electron chi connectivity index (χ2n) is 7.65. The van der Waals surface area contributed by atoms with Gasteiger partial charge >= 0.3 is 23.9 Å². The van der Waals surface area contributed by atoms with Crippen molar-refractivity contribution < 1.29 is 49.3 Å². The lowest BCUT2D eigenvalue weighted by molar-refractivity contribution is -0.413. The number of hydrogen-bond acceptors (Lipinski definition) is 2. The Labute approximate surface area is 165 Å². The molecule has 1 atom stereocenters. The molecular weight excluding hydrogens is 433 g/mol. The molecule has 0 saturated carbocycles. The van der Waals surface area contributed by atoms with Crippen molar-refractivity contribution in [1.82, 2.24) is 4.98 Å². The number of H-pyrrole nitrogens is 1. The predicted octanol–water partition coefficient (Wildman–Crippen LogP) is 6.81. The minimum Gasteiger partial charge on any atom is -0.356 e. The van der Waals surface area contributed by atoms with Crippen LogP contribution in [0.15, 0.2) is 30.3 Å². The molecule has 0 aliphatic carbocycles. The summed E-state index contributed by atoms with van der Waals surface area (Å²) in [7, 11) is 0. The molecule has 1 N–H and O–H groups in total. The van der Waals surface area contributed by atoms with E-state index in [-0.39, 0.29) is 5.69 Å². The molecule has 30 heavy (non-hydrogen) atoms. The van der Waals surface area contributed by atoms with Crippen molar-refractivity contribution in [2.75, 3.05) is 0 Å². The highest BCUT2D eigenvalue weighted by molar-refractivity contribution is 5.80. The predicted molar refractivity (Wildman–Crippen MR) is 88.5 cm³/mol. The van der Waals surface area contributed by atoms with Gasteiger partial charge in [0.25, 0.3) is 0 Å². The molecule has 0 spiro atoms. The van der Waals surface area contributed by atoms with E-state index in [2.05, 4.69) is 4.98 Å². The standard InChI is InChI=1S/C18H18F9NO2/c1-14(2,3)30-29-13(12-8-10-6-4-5-7-11(10)28-12)9-15(19,20)16(21,22)17(23,24)18(25,26)27/h4-8,13,28H,9H2,1-3H3. The maximum Gasteiger partial charge on any atom is 0.460 e. The normalized spacial score (nSPS) is 15.6. The quantitative estimate of drug-likeness (QED) is 0.285. The summed E-state index contributed by atoms with van der Waals surface area (Å²) in [6, 6.07) is 7.39. The molecule has 170 valence electrons. The SMILES string of the molecule is CC(C)(C)OOC(CC(F)(F)C(F)(F)C(F)(F)C(F)(F)F)c1cc2ccccc2[nH]1. The van der Waals surface area contributed by atoms with Crippen LogP contribution in [0.1, 0.15) is 39.0 Å². The molecule has 2 aromatic rings. The lowest BCUT2D eigenvalue weighted by Gasteiger charge is -2.35. The molecule has 0 aliphatic rings. The van der Waals surface area contributed by atoms with Crippen LogP contribution in [-0.4, -0.2) is 34.5 Å². The van der Waals surface area contributed by atoms with Crippen LogP contribution in [0.4, 0.5) is 39.5 Å². The molecule has 2 rings (SSSR count). The summed E-state index contributed by atoms with van der Waals surface area (Å²) >= 11 is 0. The first-order chi connectivity index (χ1) is 13.4. The van der Waals surface area contributed by atoms with E-state index >= 15 is 0 Å². The van der Waals surface area contributed by atoms with Crippen molar-refractivity contribution in [3.8, 4) is 0 Å². The van der Waals surface area contributed by atoms with Crippen LogP contribution >= 0.6 is 0 Å². The molecule has 1 unspecified atom stereocenters. The summed E-state index contributed by atoms with van der Waals surface area (Å²) < 4.78 is 119. The Morgan fingerprint density at radius 2 is 1.43 bits per heavy atom. The van der Waals surface area contributed by atoms with Gasteiger partial charge in [-0.15, -0.1) is 0 Å². The lowest BCUT2D eigenvalue weighted by Crippen LogP contribution is -2.61. The Kier molecular flexibility index (Phi) is 6.19. The van der Waals surface area contributed by atoms with Crippen LogP contribution in [0.3, 0.4) is 0 Å². The summed E-state index contributed by atoms with van der Waals surface area (Å²) in [5, 5.41) is 0.438. The Morgan fingerprint density at radius 1 is 0.867 bits per heavy atom. The van der Waals surface area contributed by atoms with Crippen LogP contribution in [0, 0.1) is 0 Å². The van der Waals surface area contributed by atoms with Gasteiger partial charge in [-0.2, -0.15) is 39.5 Å². The molecule has 0 amide bonds. The number of aromatic nitrogens is 1. The molecule has 1 heterocycles. The Bertz CT molecular complexity index is 835. The number of para-hydroxylation sites is 1. The monoisotopic (exact) mass is 451 g/mol. The Morgan fingerprint density at radius 3 is 1.93 bits per heavy atom. The maximum absolute atomic E-state index is 14.2. The molecule has 0 radical (unpaired) electrons. The lowest BCUT2D eigenvalue weighted by atomic mass is 9.97. The zero-order chi connectivity index (χ0) is 23.2. The second kappa shape index (κ2) is 7.63. The number of nitrogens with one attached hydrogen (secondary N) is 1. The highest BCUT2D eigenvalue weighted by Gasteiger charge is 2.81. The van der Waals surface area contributed by atoms with E-state index in [1.54, 1.807) is 12.1 Å². The third-order valence-corrected chi connectivity index (χ3v) is 3.96. The fourth-order valence-corrected chi connectivity index (χ4v) is 2.44. The number of hydrogen-bond donors (Lipinski definition) is 1. The molecule has 1 aromatic carbocycles. The zero-order valence-electron chi connectivity index (χ0n) is 15.9. The van der Waals surface area contributed by atoms with Gasteiger partial charge in [0.1, 0.15) is 6.10 Å². The molecule has 0 bridgehead atoms. The summed E-state index contributed by atoms with van der Waals surface area (Å²) in [6.45, 7) is 4.25. The smallest absolute Gasteiger partial charge is 0.356 e. The van der Waals surface area contributed by atoms with Crippen LogP contribution < -0.4 is 0 Å².